The highest BCUT2D eigenvalue weighted by Gasteiger charge is 2.10. The van der Waals surface area contributed by atoms with Crippen LogP contribution in [0.2, 0.25) is 0 Å². The van der Waals surface area contributed by atoms with Crippen LogP contribution in [0.1, 0.15) is 33.4 Å². The molecular formula is C49H60N2O6. The normalized spacial score (nSPS) is 11.0. The third-order valence-corrected chi connectivity index (χ3v) is 8.46. The van der Waals surface area contributed by atoms with Gasteiger partial charge in [0.1, 0.15) is 17.2 Å². The van der Waals surface area contributed by atoms with Gasteiger partial charge in [-0.1, -0.05) is 120 Å². The van der Waals surface area contributed by atoms with Gasteiger partial charge in [-0.3, -0.25) is 10.1 Å². The summed E-state index contributed by atoms with van der Waals surface area (Å²) in [5.41, 5.74) is 8.51. The van der Waals surface area contributed by atoms with E-state index in [1.54, 1.807) is 46.5 Å². The van der Waals surface area contributed by atoms with E-state index in [-0.39, 0.29) is 10.6 Å². The van der Waals surface area contributed by atoms with Gasteiger partial charge in [-0.2, -0.15) is 0 Å². The molecule has 6 aromatic carbocycles. The Bertz CT molecular complexity index is 1960. The van der Waals surface area contributed by atoms with E-state index < -0.39 is 0 Å². The number of nitrogens with zero attached hydrogens (tertiary/aromatic N) is 2. The van der Waals surface area contributed by atoms with Crippen molar-refractivity contribution in [2.24, 2.45) is 0 Å². The molecule has 1 aliphatic rings. The number of hydrogen-bond acceptors (Lipinski definition) is 7. The molecular weight excluding hydrogens is 713 g/mol. The van der Waals surface area contributed by atoms with E-state index in [0.717, 1.165) is 43.6 Å². The van der Waals surface area contributed by atoms with Gasteiger partial charge in [-0.05, 0) is 95.1 Å². The van der Waals surface area contributed by atoms with Gasteiger partial charge in [0.2, 0.25) is 0 Å². The molecule has 0 unspecified atom stereocenters. The van der Waals surface area contributed by atoms with Crippen molar-refractivity contribution in [1.82, 2.24) is 0 Å². The van der Waals surface area contributed by atoms with Crippen LogP contribution in [0.15, 0.2) is 152 Å². The van der Waals surface area contributed by atoms with Gasteiger partial charge in [-0.25, -0.2) is 0 Å². The Morgan fingerprint density at radius 2 is 1.00 bits per heavy atom. The molecule has 7 rings (SSSR count). The largest absolute Gasteiger partial charge is 0.497 e. The van der Waals surface area contributed by atoms with E-state index in [2.05, 4.69) is 62.1 Å². The summed E-state index contributed by atoms with van der Waals surface area (Å²) in [6.07, 6.45) is 0. The zero-order chi connectivity index (χ0) is 41.8. The predicted molar refractivity (Wildman–Crippen MR) is 236 cm³/mol. The predicted octanol–water partition coefficient (Wildman–Crippen LogP) is 11.7. The fourth-order valence-electron chi connectivity index (χ4n) is 5.08. The quantitative estimate of drug-likeness (QED) is 0.127. The number of methoxy groups -OCH3 is 3. The van der Waals surface area contributed by atoms with Crippen LogP contribution in [0.5, 0.6) is 17.2 Å². The minimum atomic E-state index is -0.380. The second-order valence-corrected chi connectivity index (χ2v) is 13.1. The molecule has 1 heterocycles. The van der Waals surface area contributed by atoms with Crippen molar-refractivity contribution in [1.29, 1.82) is 0 Å². The lowest BCUT2D eigenvalue weighted by molar-refractivity contribution is -0.385. The second kappa shape index (κ2) is 27.5. The van der Waals surface area contributed by atoms with Gasteiger partial charge in [-0.15, -0.1) is 0 Å². The molecule has 0 saturated carbocycles. The third kappa shape index (κ3) is 19.9. The van der Waals surface area contributed by atoms with Crippen LogP contribution in [-0.2, 0) is 4.74 Å². The highest BCUT2D eigenvalue weighted by atomic mass is 16.6. The van der Waals surface area contributed by atoms with Gasteiger partial charge in [0, 0.05) is 30.4 Å². The van der Waals surface area contributed by atoms with E-state index in [0.29, 0.717) is 5.56 Å². The summed E-state index contributed by atoms with van der Waals surface area (Å²) in [6, 6.07) is 49.5. The van der Waals surface area contributed by atoms with Crippen molar-refractivity contribution in [2.75, 3.05) is 52.5 Å². The fraction of sp³-hybridized carbons (Fsp3) is 0.265. The van der Waals surface area contributed by atoms with Gasteiger partial charge < -0.3 is 23.8 Å². The molecule has 0 bridgehead atoms. The number of benzene rings is 6. The van der Waals surface area contributed by atoms with Crippen LogP contribution in [0.3, 0.4) is 0 Å². The standard InChI is InChI=1S/C11H15NO.3C8H10O.C7H7NO2.C7H8/c1-10-2-4-11(5-3-10)12-6-8-13-9-7-12;1-7-3-5-8(9-2)6-4-7;1-7-4-3-5-8(6-7)9-2;1-7-5-3-4-6-8(7)9-2;1-6-4-2-3-5-7(6)8(9)10;1-7-5-3-2-4-6-7/h2-5H,6-9H2,1H3;3*3-6H,1-2H3;2-5H,1H3;2-6H,1H3. The topological polar surface area (TPSA) is 83.3 Å². The first-order valence-corrected chi connectivity index (χ1v) is 18.9. The fourth-order valence-corrected chi connectivity index (χ4v) is 5.08. The molecule has 0 amide bonds. The first-order valence-electron chi connectivity index (χ1n) is 18.9. The molecule has 8 nitrogen and oxygen atoms in total. The Labute approximate surface area is 340 Å². The van der Waals surface area contributed by atoms with Gasteiger partial charge in [0.05, 0.1) is 39.5 Å². The maximum Gasteiger partial charge on any atom is 0.272 e. The summed E-state index contributed by atoms with van der Waals surface area (Å²) < 4.78 is 20.3. The maximum absolute atomic E-state index is 10.2. The number of nitro benzene ring substituents is 1. The first-order chi connectivity index (χ1) is 27.5. The zero-order valence-electron chi connectivity index (χ0n) is 35.1. The number of hydrogen-bond donors (Lipinski definition) is 0. The zero-order valence-corrected chi connectivity index (χ0v) is 35.1. The average Bonchev–Trinajstić information content (AvgIpc) is 3.23. The molecule has 302 valence electrons. The highest BCUT2D eigenvalue weighted by molar-refractivity contribution is 5.47. The SMILES string of the molecule is COc1ccc(C)cc1.COc1cccc(C)c1.COc1ccccc1C.Cc1ccc(N2CCOCC2)cc1.Cc1ccccc1.Cc1ccccc1[N+](=O)[O-]. The van der Waals surface area contributed by atoms with E-state index in [1.807, 2.05) is 105 Å². The van der Waals surface area contributed by atoms with Crippen LogP contribution in [0.4, 0.5) is 11.4 Å². The number of ether oxygens (including phenoxy) is 4. The highest BCUT2D eigenvalue weighted by Crippen LogP contribution is 2.17. The van der Waals surface area contributed by atoms with Crippen molar-refractivity contribution in [3.8, 4) is 17.2 Å². The van der Waals surface area contributed by atoms with Crippen molar-refractivity contribution in [2.45, 2.75) is 41.5 Å². The Morgan fingerprint density at radius 3 is 1.42 bits per heavy atom. The smallest absolute Gasteiger partial charge is 0.272 e. The van der Waals surface area contributed by atoms with E-state index in [9.17, 15) is 10.1 Å². The lowest BCUT2D eigenvalue weighted by atomic mass is 10.2. The Balaban J connectivity index is 0.000000238. The minimum absolute atomic E-state index is 0.183. The van der Waals surface area contributed by atoms with Crippen LogP contribution >= 0.6 is 0 Å². The summed E-state index contributed by atoms with van der Waals surface area (Å²) in [7, 11) is 5.03. The minimum Gasteiger partial charge on any atom is -0.497 e. The van der Waals surface area contributed by atoms with Crippen molar-refractivity contribution in [3.63, 3.8) is 0 Å². The van der Waals surface area contributed by atoms with E-state index in [1.165, 1.54) is 39.6 Å². The molecule has 0 N–H and O–H groups in total. The number of aryl methyl sites for hydroxylation is 6. The molecule has 8 heteroatoms. The Kier molecular flexibility index (Phi) is 22.7. The molecule has 6 aromatic rings. The van der Waals surface area contributed by atoms with Gasteiger partial charge in [0.15, 0.2) is 0 Å². The lowest BCUT2D eigenvalue weighted by Crippen LogP contribution is -2.36. The van der Waals surface area contributed by atoms with E-state index >= 15 is 0 Å². The summed E-state index contributed by atoms with van der Waals surface area (Å²) in [4.78, 5) is 12.2. The summed E-state index contributed by atoms with van der Waals surface area (Å²) in [5, 5.41) is 10.2. The molecule has 1 aliphatic heterocycles. The first kappa shape index (κ1) is 47.0. The lowest BCUT2D eigenvalue weighted by Gasteiger charge is -2.28. The van der Waals surface area contributed by atoms with Crippen LogP contribution < -0.4 is 19.1 Å². The second-order valence-electron chi connectivity index (χ2n) is 13.1. The average molecular weight is 773 g/mol. The Morgan fingerprint density at radius 1 is 0.509 bits per heavy atom. The van der Waals surface area contributed by atoms with E-state index in [4.69, 9.17) is 18.9 Å². The molecule has 0 aromatic heterocycles. The van der Waals surface area contributed by atoms with Crippen LogP contribution in [0.25, 0.3) is 0 Å². The third-order valence-electron chi connectivity index (χ3n) is 8.46. The van der Waals surface area contributed by atoms with Crippen LogP contribution in [0, 0.1) is 51.7 Å². The Hall–Kier alpha value is -6.12. The van der Waals surface area contributed by atoms with Gasteiger partial charge >= 0.3 is 0 Å². The number of rotatable bonds is 5. The number of morpholine rings is 1. The molecule has 0 atom stereocenters. The molecule has 0 radical (unpaired) electrons. The molecule has 0 spiro atoms. The molecule has 0 aliphatic carbocycles. The van der Waals surface area contributed by atoms with Crippen LogP contribution in [-0.4, -0.2) is 52.6 Å². The van der Waals surface area contributed by atoms with Crippen molar-refractivity contribution >= 4 is 11.4 Å². The molecule has 57 heavy (non-hydrogen) atoms. The summed E-state index contributed by atoms with van der Waals surface area (Å²) in [5.74, 6) is 2.80. The number of para-hydroxylation sites is 2. The molecule has 1 fully saturated rings. The van der Waals surface area contributed by atoms with Crippen molar-refractivity contribution < 1.29 is 23.9 Å². The monoisotopic (exact) mass is 772 g/mol. The van der Waals surface area contributed by atoms with Crippen molar-refractivity contribution in [3.05, 3.63) is 195 Å². The van der Waals surface area contributed by atoms with Gasteiger partial charge in [0.25, 0.3) is 5.69 Å². The summed E-state index contributed by atoms with van der Waals surface area (Å²) >= 11 is 0. The summed E-state index contributed by atoms with van der Waals surface area (Å²) in [6.45, 7) is 15.8. The maximum atomic E-state index is 10.2. The number of anilines is 1. The molecule has 1 saturated heterocycles. The number of nitro groups is 1.